The quantitative estimate of drug-likeness (QED) is 0.858. The van der Waals surface area contributed by atoms with E-state index in [0.29, 0.717) is 12.5 Å². The van der Waals surface area contributed by atoms with E-state index < -0.39 is 0 Å². The Morgan fingerprint density at radius 2 is 2.00 bits per heavy atom. The van der Waals surface area contributed by atoms with Crippen molar-refractivity contribution in [1.82, 2.24) is 10.2 Å². The molecule has 4 nitrogen and oxygen atoms in total. The molecule has 1 heterocycles. The minimum Gasteiger partial charge on any atom is -0.353 e. The molecular weight excluding hydrogens is 238 g/mol. The Morgan fingerprint density at radius 3 is 2.63 bits per heavy atom. The van der Waals surface area contributed by atoms with Crippen molar-refractivity contribution in [3.8, 4) is 0 Å². The Balaban J connectivity index is 1.78. The normalized spacial score (nSPS) is 19.1. The number of nitrogens with two attached hydrogens (primary N) is 1. The van der Waals surface area contributed by atoms with E-state index in [4.69, 9.17) is 5.73 Å². The zero-order valence-electron chi connectivity index (χ0n) is 11.5. The summed E-state index contributed by atoms with van der Waals surface area (Å²) in [7, 11) is 2.11. The third-order valence-electron chi connectivity index (χ3n) is 3.72. The molecule has 3 N–H and O–H groups in total. The molecule has 0 bridgehead atoms. The Labute approximate surface area is 115 Å². The van der Waals surface area contributed by atoms with Crippen LogP contribution in [0.4, 0.5) is 0 Å². The van der Waals surface area contributed by atoms with E-state index in [1.54, 1.807) is 0 Å². The molecule has 0 saturated carbocycles. The van der Waals surface area contributed by atoms with E-state index >= 15 is 0 Å². The second-order valence-corrected chi connectivity index (χ2v) is 5.37. The zero-order chi connectivity index (χ0) is 13.7. The first-order chi connectivity index (χ1) is 9.15. The molecule has 1 amide bonds. The molecule has 0 spiro atoms. The third-order valence-corrected chi connectivity index (χ3v) is 3.72. The van der Waals surface area contributed by atoms with Crippen LogP contribution < -0.4 is 11.1 Å². The predicted octanol–water partition coefficient (Wildman–Crippen LogP) is 1.29. The van der Waals surface area contributed by atoms with Crippen LogP contribution >= 0.6 is 0 Å². The number of nitrogens with zero attached hydrogens (tertiary/aromatic N) is 1. The molecule has 4 heteroatoms. The van der Waals surface area contributed by atoms with Crippen molar-refractivity contribution in [3.63, 3.8) is 0 Å². The highest BCUT2D eigenvalue weighted by atomic mass is 16.1. The first kappa shape index (κ1) is 14.0. The first-order valence-corrected chi connectivity index (χ1v) is 6.93. The highest BCUT2D eigenvalue weighted by Crippen LogP contribution is 2.14. The van der Waals surface area contributed by atoms with Gasteiger partial charge in [-0.1, -0.05) is 30.3 Å². The van der Waals surface area contributed by atoms with Gasteiger partial charge < -0.3 is 16.0 Å². The fraction of sp³-hybridized carbons (Fsp3) is 0.533. The summed E-state index contributed by atoms with van der Waals surface area (Å²) in [6.07, 6.45) is 2.42. The fourth-order valence-corrected chi connectivity index (χ4v) is 2.46. The van der Waals surface area contributed by atoms with Gasteiger partial charge in [0.1, 0.15) is 0 Å². The molecule has 1 aliphatic rings. The minimum absolute atomic E-state index is 0.0610. The SMILES string of the molecule is CN1CCC(NC(=O)CC(N)c2ccccc2)CC1. The zero-order valence-corrected chi connectivity index (χ0v) is 11.5. The second-order valence-electron chi connectivity index (χ2n) is 5.37. The fourth-order valence-electron chi connectivity index (χ4n) is 2.46. The van der Waals surface area contributed by atoms with Crippen LogP contribution in [0.2, 0.25) is 0 Å². The number of carbonyl (C=O) groups excluding carboxylic acids is 1. The van der Waals surface area contributed by atoms with Gasteiger partial charge >= 0.3 is 0 Å². The van der Waals surface area contributed by atoms with Gasteiger partial charge in [-0.25, -0.2) is 0 Å². The highest BCUT2D eigenvalue weighted by molar-refractivity contribution is 5.77. The lowest BCUT2D eigenvalue weighted by Crippen LogP contribution is -2.43. The number of amides is 1. The van der Waals surface area contributed by atoms with Crippen LogP contribution in [0, 0.1) is 0 Å². The number of rotatable bonds is 4. The summed E-state index contributed by atoms with van der Waals surface area (Å²) in [5, 5.41) is 3.09. The Hall–Kier alpha value is -1.39. The largest absolute Gasteiger partial charge is 0.353 e. The molecule has 104 valence electrons. The average Bonchev–Trinajstić information content (AvgIpc) is 2.42. The third kappa shape index (κ3) is 4.33. The van der Waals surface area contributed by atoms with E-state index in [2.05, 4.69) is 17.3 Å². The molecule has 0 radical (unpaired) electrons. The first-order valence-electron chi connectivity index (χ1n) is 6.93. The standard InChI is InChI=1S/C15H23N3O/c1-18-9-7-13(8-10-18)17-15(19)11-14(16)12-5-3-2-4-6-12/h2-6,13-14H,7-11,16H2,1H3,(H,17,19). The summed E-state index contributed by atoms with van der Waals surface area (Å²) < 4.78 is 0. The van der Waals surface area contributed by atoms with Crippen molar-refractivity contribution in [2.75, 3.05) is 20.1 Å². The second kappa shape index (κ2) is 6.68. The van der Waals surface area contributed by atoms with Crippen LogP contribution in [-0.4, -0.2) is 37.0 Å². The van der Waals surface area contributed by atoms with E-state index in [9.17, 15) is 4.79 Å². The van der Waals surface area contributed by atoms with Gasteiger partial charge in [0.2, 0.25) is 5.91 Å². The molecule has 2 rings (SSSR count). The molecular formula is C15H23N3O. The molecule has 1 aliphatic heterocycles. The van der Waals surface area contributed by atoms with Crippen molar-refractivity contribution in [3.05, 3.63) is 35.9 Å². The minimum atomic E-state index is -0.215. The van der Waals surface area contributed by atoms with Crippen LogP contribution in [0.3, 0.4) is 0 Å². The number of carbonyl (C=O) groups is 1. The molecule has 1 unspecified atom stereocenters. The lowest BCUT2D eigenvalue weighted by atomic mass is 10.0. The molecule has 1 atom stereocenters. The van der Waals surface area contributed by atoms with Crippen LogP contribution in [0.5, 0.6) is 0 Å². The van der Waals surface area contributed by atoms with Gasteiger partial charge in [0.05, 0.1) is 0 Å². The molecule has 0 aromatic heterocycles. The lowest BCUT2D eigenvalue weighted by Gasteiger charge is -2.29. The number of hydrogen-bond acceptors (Lipinski definition) is 3. The summed E-state index contributed by atoms with van der Waals surface area (Å²) in [6, 6.07) is 9.88. The van der Waals surface area contributed by atoms with Crippen molar-refractivity contribution in [2.45, 2.75) is 31.3 Å². The number of nitrogens with one attached hydrogen (secondary N) is 1. The highest BCUT2D eigenvalue weighted by Gasteiger charge is 2.19. The monoisotopic (exact) mass is 261 g/mol. The van der Waals surface area contributed by atoms with Crippen molar-refractivity contribution in [2.24, 2.45) is 5.73 Å². The molecule has 1 aromatic carbocycles. The van der Waals surface area contributed by atoms with Crippen LogP contribution in [0.15, 0.2) is 30.3 Å². The topological polar surface area (TPSA) is 58.4 Å². The van der Waals surface area contributed by atoms with E-state index in [1.807, 2.05) is 30.3 Å². The summed E-state index contributed by atoms with van der Waals surface area (Å²) in [5.74, 6) is 0.0610. The number of hydrogen-bond donors (Lipinski definition) is 2. The Kier molecular flexibility index (Phi) is 4.93. The maximum absolute atomic E-state index is 12.0. The molecule has 19 heavy (non-hydrogen) atoms. The Morgan fingerprint density at radius 1 is 1.37 bits per heavy atom. The molecule has 0 aliphatic carbocycles. The predicted molar refractivity (Wildman–Crippen MR) is 76.6 cm³/mol. The lowest BCUT2D eigenvalue weighted by molar-refractivity contribution is -0.122. The maximum atomic E-state index is 12.0. The smallest absolute Gasteiger partial charge is 0.222 e. The van der Waals surface area contributed by atoms with Crippen molar-refractivity contribution in [1.29, 1.82) is 0 Å². The number of benzene rings is 1. The molecule has 1 aromatic rings. The van der Waals surface area contributed by atoms with Gasteiger partial charge in [-0.3, -0.25) is 4.79 Å². The van der Waals surface area contributed by atoms with Crippen molar-refractivity contribution < 1.29 is 4.79 Å². The van der Waals surface area contributed by atoms with Gasteiger partial charge in [0.25, 0.3) is 0 Å². The van der Waals surface area contributed by atoms with Gasteiger partial charge in [-0.2, -0.15) is 0 Å². The molecule has 1 fully saturated rings. The number of piperidine rings is 1. The van der Waals surface area contributed by atoms with Gasteiger partial charge in [-0.05, 0) is 38.5 Å². The average molecular weight is 261 g/mol. The Bertz CT molecular complexity index is 399. The van der Waals surface area contributed by atoms with Gasteiger partial charge in [-0.15, -0.1) is 0 Å². The van der Waals surface area contributed by atoms with Crippen LogP contribution in [0.1, 0.15) is 30.9 Å². The van der Waals surface area contributed by atoms with E-state index in [-0.39, 0.29) is 11.9 Å². The van der Waals surface area contributed by atoms with Gasteiger partial charge in [0.15, 0.2) is 0 Å². The van der Waals surface area contributed by atoms with Gasteiger partial charge in [0, 0.05) is 18.5 Å². The van der Waals surface area contributed by atoms with Crippen LogP contribution in [0.25, 0.3) is 0 Å². The summed E-state index contributed by atoms with van der Waals surface area (Å²) >= 11 is 0. The van der Waals surface area contributed by atoms with E-state index in [0.717, 1.165) is 31.5 Å². The summed E-state index contributed by atoms with van der Waals surface area (Å²) in [4.78, 5) is 14.3. The van der Waals surface area contributed by atoms with Crippen molar-refractivity contribution >= 4 is 5.91 Å². The maximum Gasteiger partial charge on any atom is 0.222 e. The van der Waals surface area contributed by atoms with E-state index in [1.165, 1.54) is 0 Å². The summed E-state index contributed by atoms with van der Waals surface area (Å²) in [6.45, 7) is 2.10. The summed E-state index contributed by atoms with van der Waals surface area (Å²) in [5.41, 5.74) is 7.07. The van der Waals surface area contributed by atoms with Crippen LogP contribution in [-0.2, 0) is 4.79 Å². The number of likely N-dealkylation sites (tertiary alicyclic amines) is 1. The molecule has 1 saturated heterocycles.